The maximum atomic E-state index is 12.7. The molecule has 4 nitrogen and oxygen atoms in total. The first-order chi connectivity index (χ1) is 12.1. The fourth-order valence-electron chi connectivity index (χ4n) is 3.00. The largest absolute Gasteiger partial charge is 0.370 e. The summed E-state index contributed by atoms with van der Waals surface area (Å²) in [5.74, 6) is -1.19. The number of halogens is 1. The summed E-state index contributed by atoms with van der Waals surface area (Å²) < 4.78 is 0. The number of guanidine groups is 1. The van der Waals surface area contributed by atoms with Gasteiger partial charge in [-0.25, -0.2) is 0 Å². The molecule has 0 heterocycles. The first-order valence-corrected chi connectivity index (χ1v) is 8.30. The molecule has 126 valence electrons. The minimum Gasteiger partial charge on any atom is -0.370 e. The summed E-state index contributed by atoms with van der Waals surface area (Å²) in [4.78, 5) is 12.7. The number of hydrogen-bond donors (Lipinski definition) is 3. The van der Waals surface area contributed by atoms with E-state index in [0.717, 1.165) is 21.9 Å². The van der Waals surface area contributed by atoms with Crippen molar-refractivity contribution in [3.05, 3.63) is 82.9 Å². The first-order valence-electron chi connectivity index (χ1n) is 7.92. The van der Waals surface area contributed by atoms with Gasteiger partial charge in [-0.05, 0) is 34.4 Å². The van der Waals surface area contributed by atoms with Gasteiger partial charge in [0.05, 0.1) is 5.92 Å². The lowest BCUT2D eigenvalue weighted by Gasteiger charge is -2.19. The van der Waals surface area contributed by atoms with Crippen LogP contribution < -0.4 is 11.1 Å². The van der Waals surface area contributed by atoms with E-state index in [2.05, 4.69) is 5.32 Å². The Kier molecular flexibility index (Phi) is 5.00. The van der Waals surface area contributed by atoms with Crippen molar-refractivity contribution in [2.75, 3.05) is 0 Å². The molecule has 0 saturated heterocycles. The number of rotatable bonds is 4. The van der Waals surface area contributed by atoms with Gasteiger partial charge in [0.1, 0.15) is 0 Å². The molecule has 25 heavy (non-hydrogen) atoms. The number of fused-ring (bicyclic) bond motifs is 1. The lowest BCUT2D eigenvalue weighted by molar-refractivity contribution is -0.121. The van der Waals surface area contributed by atoms with Gasteiger partial charge >= 0.3 is 0 Å². The molecule has 3 aromatic rings. The average molecular weight is 352 g/mol. The van der Waals surface area contributed by atoms with Gasteiger partial charge in [0, 0.05) is 5.02 Å². The van der Waals surface area contributed by atoms with Gasteiger partial charge in [-0.3, -0.25) is 15.5 Å². The second-order valence-electron chi connectivity index (χ2n) is 5.82. The van der Waals surface area contributed by atoms with Crippen molar-refractivity contribution in [1.29, 1.82) is 5.41 Å². The zero-order valence-corrected chi connectivity index (χ0v) is 14.3. The summed E-state index contributed by atoms with van der Waals surface area (Å²) in [6, 6.07) is 21.2. The SMILES string of the molecule is N=C(N)NC(=O)C(Cc1ccccc1Cl)c1cccc2ccccc12. The summed E-state index contributed by atoms with van der Waals surface area (Å²) in [6.45, 7) is 0. The second kappa shape index (κ2) is 7.36. The molecule has 3 aromatic carbocycles. The number of amides is 1. The predicted molar refractivity (Wildman–Crippen MR) is 102 cm³/mol. The third kappa shape index (κ3) is 3.80. The van der Waals surface area contributed by atoms with Crippen LogP contribution in [-0.2, 0) is 11.2 Å². The van der Waals surface area contributed by atoms with Crippen molar-refractivity contribution in [3.63, 3.8) is 0 Å². The molecule has 1 unspecified atom stereocenters. The molecule has 0 aromatic heterocycles. The van der Waals surface area contributed by atoms with Gasteiger partial charge in [0.2, 0.25) is 5.91 Å². The molecule has 1 amide bonds. The van der Waals surface area contributed by atoms with Crippen LogP contribution in [0.25, 0.3) is 10.8 Å². The van der Waals surface area contributed by atoms with E-state index < -0.39 is 5.92 Å². The summed E-state index contributed by atoms with van der Waals surface area (Å²) in [6.07, 6.45) is 0.423. The molecule has 0 saturated carbocycles. The van der Waals surface area contributed by atoms with Crippen LogP contribution >= 0.6 is 11.6 Å². The van der Waals surface area contributed by atoms with Gasteiger partial charge in [-0.2, -0.15) is 0 Å². The molecule has 3 rings (SSSR count). The maximum absolute atomic E-state index is 12.7. The van der Waals surface area contributed by atoms with Crippen molar-refractivity contribution in [1.82, 2.24) is 5.32 Å². The molecule has 0 radical (unpaired) electrons. The maximum Gasteiger partial charge on any atom is 0.234 e. The predicted octanol–water partition coefficient (Wildman–Crippen LogP) is 3.83. The molecule has 0 aliphatic rings. The minimum atomic E-state index is -0.505. The van der Waals surface area contributed by atoms with Crippen LogP contribution in [0.2, 0.25) is 5.02 Å². The number of benzene rings is 3. The first kappa shape index (κ1) is 17.0. The number of nitrogens with two attached hydrogens (primary N) is 1. The van der Waals surface area contributed by atoms with Gasteiger partial charge < -0.3 is 5.73 Å². The van der Waals surface area contributed by atoms with Crippen LogP contribution in [0.15, 0.2) is 66.7 Å². The Morgan fingerprint density at radius 1 is 1.04 bits per heavy atom. The van der Waals surface area contributed by atoms with Crippen molar-refractivity contribution >= 4 is 34.2 Å². The van der Waals surface area contributed by atoms with E-state index in [1.807, 2.05) is 60.7 Å². The van der Waals surface area contributed by atoms with E-state index in [9.17, 15) is 4.79 Å². The van der Waals surface area contributed by atoms with Crippen molar-refractivity contribution in [3.8, 4) is 0 Å². The van der Waals surface area contributed by atoms with Crippen molar-refractivity contribution in [2.45, 2.75) is 12.3 Å². The van der Waals surface area contributed by atoms with Crippen molar-refractivity contribution in [2.24, 2.45) is 5.73 Å². The van der Waals surface area contributed by atoms with Crippen LogP contribution in [0.3, 0.4) is 0 Å². The Hall–Kier alpha value is -2.85. The van der Waals surface area contributed by atoms with E-state index in [1.165, 1.54) is 0 Å². The molecule has 0 fully saturated rings. The molecule has 4 N–H and O–H groups in total. The third-order valence-corrected chi connectivity index (χ3v) is 4.52. The fourth-order valence-corrected chi connectivity index (χ4v) is 3.21. The zero-order chi connectivity index (χ0) is 17.8. The van der Waals surface area contributed by atoms with Crippen LogP contribution in [0, 0.1) is 5.41 Å². The van der Waals surface area contributed by atoms with E-state index >= 15 is 0 Å². The molecule has 0 bridgehead atoms. The fraction of sp³-hybridized carbons (Fsp3) is 0.100. The van der Waals surface area contributed by atoms with Crippen LogP contribution in [0.5, 0.6) is 0 Å². The summed E-state index contributed by atoms with van der Waals surface area (Å²) in [5.41, 5.74) is 7.13. The Labute approximate surface area is 151 Å². The Morgan fingerprint density at radius 2 is 1.72 bits per heavy atom. The van der Waals surface area contributed by atoms with E-state index in [1.54, 1.807) is 6.07 Å². The Morgan fingerprint density at radius 3 is 2.48 bits per heavy atom. The van der Waals surface area contributed by atoms with E-state index in [4.69, 9.17) is 22.7 Å². The summed E-state index contributed by atoms with van der Waals surface area (Å²) in [5, 5.41) is 12.5. The third-order valence-electron chi connectivity index (χ3n) is 4.16. The Bertz CT molecular complexity index is 934. The highest BCUT2D eigenvalue weighted by molar-refractivity contribution is 6.31. The molecular formula is C20H18ClN3O. The van der Waals surface area contributed by atoms with E-state index in [-0.39, 0.29) is 11.9 Å². The highest BCUT2D eigenvalue weighted by atomic mass is 35.5. The standard InChI is InChI=1S/C20H18ClN3O/c21-18-11-4-2-7-14(18)12-17(19(25)24-20(22)23)16-10-5-8-13-6-1-3-9-15(13)16/h1-11,17H,12H2,(H4,22,23,24,25). The normalized spacial score (nSPS) is 11.9. The number of carbonyl (C=O) groups is 1. The van der Waals surface area contributed by atoms with E-state index in [0.29, 0.717) is 11.4 Å². The summed E-state index contributed by atoms with van der Waals surface area (Å²) >= 11 is 6.29. The molecular weight excluding hydrogens is 334 g/mol. The molecule has 0 aliphatic carbocycles. The smallest absolute Gasteiger partial charge is 0.234 e. The lowest BCUT2D eigenvalue weighted by Crippen LogP contribution is -2.39. The molecule has 5 heteroatoms. The highest BCUT2D eigenvalue weighted by Crippen LogP contribution is 2.30. The zero-order valence-electron chi connectivity index (χ0n) is 13.5. The minimum absolute atomic E-state index is 0.316. The monoisotopic (exact) mass is 351 g/mol. The topological polar surface area (TPSA) is 79.0 Å². The Balaban J connectivity index is 2.08. The molecule has 0 spiro atoms. The van der Waals surface area contributed by atoms with Crippen LogP contribution in [0.4, 0.5) is 0 Å². The average Bonchev–Trinajstić information content (AvgIpc) is 2.60. The van der Waals surface area contributed by atoms with Gasteiger partial charge in [-0.1, -0.05) is 72.3 Å². The number of carbonyl (C=O) groups excluding carboxylic acids is 1. The molecule has 1 atom stereocenters. The van der Waals surface area contributed by atoms with Gasteiger partial charge in [0.15, 0.2) is 5.96 Å². The quantitative estimate of drug-likeness (QED) is 0.493. The second-order valence-corrected chi connectivity index (χ2v) is 6.23. The van der Waals surface area contributed by atoms with Crippen LogP contribution in [0.1, 0.15) is 17.0 Å². The lowest BCUT2D eigenvalue weighted by atomic mass is 9.87. The van der Waals surface area contributed by atoms with Crippen molar-refractivity contribution < 1.29 is 4.79 Å². The highest BCUT2D eigenvalue weighted by Gasteiger charge is 2.24. The van der Waals surface area contributed by atoms with Gasteiger partial charge in [-0.15, -0.1) is 0 Å². The molecule has 0 aliphatic heterocycles. The van der Waals surface area contributed by atoms with Crippen LogP contribution in [-0.4, -0.2) is 11.9 Å². The summed E-state index contributed by atoms with van der Waals surface area (Å²) in [7, 11) is 0. The van der Waals surface area contributed by atoms with Gasteiger partial charge in [0.25, 0.3) is 0 Å². The number of hydrogen-bond acceptors (Lipinski definition) is 2. The number of nitrogens with one attached hydrogen (secondary N) is 2.